The lowest BCUT2D eigenvalue weighted by Gasteiger charge is -2.34. The van der Waals surface area contributed by atoms with Crippen LogP contribution in [0.15, 0.2) is 108 Å². The van der Waals surface area contributed by atoms with Crippen LogP contribution in [0.5, 0.6) is 0 Å². The molecule has 0 bridgehead atoms. The van der Waals surface area contributed by atoms with Gasteiger partial charge in [0.05, 0.1) is 10.6 Å². The van der Waals surface area contributed by atoms with Crippen LogP contribution in [0.25, 0.3) is 0 Å². The summed E-state index contributed by atoms with van der Waals surface area (Å²) in [7, 11) is -4.14. The minimum Gasteiger partial charge on any atom is -0.354 e. The summed E-state index contributed by atoms with van der Waals surface area (Å²) in [5, 5.41) is 3.02. The van der Waals surface area contributed by atoms with Crippen molar-refractivity contribution in [3.05, 3.63) is 131 Å². The lowest BCUT2D eigenvalue weighted by molar-refractivity contribution is -0.140. The van der Waals surface area contributed by atoms with Crippen LogP contribution in [0.4, 0.5) is 5.69 Å². The number of unbranched alkanes of at least 4 members (excludes halogenated alkanes) is 1. The molecule has 2 amide bonds. The average Bonchev–Trinajstić information content (AvgIpc) is 3.04. The molecular weight excluding hydrogens is 582 g/mol. The van der Waals surface area contributed by atoms with Gasteiger partial charge in [-0.3, -0.25) is 13.9 Å². The molecule has 4 aromatic carbocycles. The van der Waals surface area contributed by atoms with Crippen molar-refractivity contribution >= 4 is 27.5 Å². The van der Waals surface area contributed by atoms with Crippen LogP contribution < -0.4 is 9.62 Å². The molecule has 45 heavy (non-hydrogen) atoms. The van der Waals surface area contributed by atoms with Gasteiger partial charge in [0.25, 0.3) is 10.0 Å². The second-order valence-corrected chi connectivity index (χ2v) is 13.3. The highest BCUT2D eigenvalue weighted by Gasteiger charge is 2.34. The summed E-state index contributed by atoms with van der Waals surface area (Å²) < 4.78 is 29.6. The number of carbonyl (C=O) groups is 2. The maximum atomic E-state index is 14.5. The zero-order valence-electron chi connectivity index (χ0n) is 26.6. The van der Waals surface area contributed by atoms with E-state index in [2.05, 4.69) is 12.2 Å². The van der Waals surface area contributed by atoms with Gasteiger partial charge in [0.1, 0.15) is 12.6 Å². The number of sulfonamides is 1. The number of rotatable bonds is 14. The van der Waals surface area contributed by atoms with Crippen LogP contribution in [0.2, 0.25) is 0 Å². The molecule has 0 heterocycles. The van der Waals surface area contributed by atoms with Gasteiger partial charge in [-0.1, -0.05) is 97.8 Å². The number of amides is 2. The Labute approximate surface area is 268 Å². The fourth-order valence-electron chi connectivity index (χ4n) is 5.09. The normalized spacial score (nSPS) is 11.9. The first-order valence-electron chi connectivity index (χ1n) is 15.4. The summed E-state index contributed by atoms with van der Waals surface area (Å²) in [5.41, 5.74) is 4.97. The van der Waals surface area contributed by atoms with Gasteiger partial charge in [-0.2, -0.15) is 0 Å². The Hall–Kier alpha value is -4.43. The van der Waals surface area contributed by atoms with E-state index in [1.165, 1.54) is 9.21 Å². The van der Waals surface area contributed by atoms with Gasteiger partial charge in [0.15, 0.2) is 0 Å². The number of anilines is 1. The molecule has 0 unspecified atom stereocenters. The van der Waals surface area contributed by atoms with Gasteiger partial charge in [0.2, 0.25) is 11.8 Å². The smallest absolute Gasteiger partial charge is 0.264 e. The second-order valence-electron chi connectivity index (χ2n) is 11.5. The van der Waals surface area contributed by atoms with Crippen LogP contribution >= 0.6 is 0 Å². The Morgan fingerprint density at radius 1 is 0.778 bits per heavy atom. The number of nitrogens with zero attached hydrogens (tertiary/aromatic N) is 2. The van der Waals surface area contributed by atoms with Crippen LogP contribution in [-0.4, -0.2) is 44.3 Å². The number of nitrogens with one attached hydrogen (secondary N) is 1. The summed E-state index contributed by atoms with van der Waals surface area (Å²) >= 11 is 0. The average molecular weight is 626 g/mol. The van der Waals surface area contributed by atoms with Crippen molar-refractivity contribution in [2.45, 2.75) is 64.4 Å². The molecule has 0 saturated heterocycles. The van der Waals surface area contributed by atoms with Crippen molar-refractivity contribution in [3.8, 4) is 0 Å². The molecule has 0 aliphatic heterocycles. The summed E-state index contributed by atoms with van der Waals surface area (Å²) in [4.78, 5) is 30.0. The lowest BCUT2D eigenvalue weighted by atomic mass is 10.0. The summed E-state index contributed by atoms with van der Waals surface area (Å²) in [5.74, 6) is -0.741. The molecule has 1 atom stereocenters. The molecule has 0 aliphatic carbocycles. The first-order valence-corrected chi connectivity index (χ1v) is 16.9. The maximum absolute atomic E-state index is 14.5. The van der Waals surface area contributed by atoms with Crippen LogP contribution in [0.1, 0.15) is 47.6 Å². The largest absolute Gasteiger partial charge is 0.354 e. The predicted molar refractivity (Wildman–Crippen MR) is 180 cm³/mol. The summed E-state index contributed by atoms with van der Waals surface area (Å²) in [6.45, 7) is 7.97. The molecule has 7 nitrogen and oxygen atoms in total. The maximum Gasteiger partial charge on any atom is 0.264 e. The molecular formula is C37H43N3O4S. The van der Waals surface area contributed by atoms with E-state index in [9.17, 15) is 18.0 Å². The van der Waals surface area contributed by atoms with Gasteiger partial charge in [0, 0.05) is 19.5 Å². The predicted octanol–water partition coefficient (Wildman–Crippen LogP) is 6.36. The fourth-order valence-corrected chi connectivity index (χ4v) is 6.49. The second kappa shape index (κ2) is 15.5. The Morgan fingerprint density at radius 3 is 2.00 bits per heavy atom. The third-order valence-electron chi connectivity index (χ3n) is 7.96. The number of aryl methyl sites for hydroxylation is 3. The van der Waals surface area contributed by atoms with E-state index in [4.69, 9.17) is 0 Å². The highest BCUT2D eigenvalue weighted by molar-refractivity contribution is 7.92. The molecule has 8 heteroatoms. The molecule has 4 aromatic rings. The van der Waals surface area contributed by atoms with Crippen LogP contribution in [-0.2, 0) is 32.6 Å². The lowest BCUT2D eigenvalue weighted by Crippen LogP contribution is -2.53. The Bertz CT molecular complexity index is 1670. The quantitative estimate of drug-likeness (QED) is 0.165. The first-order chi connectivity index (χ1) is 21.6. The van der Waals surface area contributed by atoms with Gasteiger partial charge >= 0.3 is 0 Å². The zero-order chi connectivity index (χ0) is 32.4. The van der Waals surface area contributed by atoms with Gasteiger partial charge in [-0.25, -0.2) is 8.42 Å². The molecule has 0 radical (unpaired) electrons. The number of benzene rings is 4. The molecule has 0 fully saturated rings. The summed E-state index contributed by atoms with van der Waals surface area (Å²) in [6.07, 6.45) is 2.01. The number of hydrogen-bond acceptors (Lipinski definition) is 4. The topological polar surface area (TPSA) is 86.8 Å². The molecule has 0 saturated carbocycles. The third kappa shape index (κ3) is 8.82. The summed E-state index contributed by atoms with van der Waals surface area (Å²) in [6, 6.07) is 30.1. The molecule has 0 aromatic heterocycles. The standard InChI is InChI=1S/C37H43N3O4S/c1-5-6-23-38-37(42)35(25-31-13-9-7-10-14-31)39(26-32-15-11-8-12-16-32)36(41)27-40(33-20-19-29(3)30(4)24-33)45(43,44)34-21-17-28(2)18-22-34/h7-22,24,35H,5-6,23,25-27H2,1-4H3,(H,38,42)/t35-/m1/s1. The van der Waals surface area contributed by atoms with Crippen LogP contribution in [0.3, 0.4) is 0 Å². The van der Waals surface area contributed by atoms with E-state index < -0.39 is 28.5 Å². The van der Waals surface area contributed by atoms with E-state index in [0.29, 0.717) is 12.2 Å². The van der Waals surface area contributed by atoms with E-state index >= 15 is 0 Å². The zero-order valence-corrected chi connectivity index (χ0v) is 27.4. The Kier molecular flexibility index (Phi) is 11.5. The van der Waals surface area contributed by atoms with E-state index in [1.54, 1.807) is 36.4 Å². The van der Waals surface area contributed by atoms with Crippen molar-refractivity contribution < 1.29 is 18.0 Å². The Morgan fingerprint density at radius 2 is 1.40 bits per heavy atom. The fraction of sp³-hybridized carbons (Fsp3) is 0.297. The monoisotopic (exact) mass is 625 g/mol. The first kappa shape index (κ1) is 33.5. The van der Waals surface area contributed by atoms with Crippen molar-refractivity contribution in [2.75, 3.05) is 17.4 Å². The molecule has 0 aliphatic rings. The van der Waals surface area contributed by atoms with Gasteiger partial charge < -0.3 is 10.2 Å². The minimum absolute atomic E-state index is 0.0897. The highest BCUT2D eigenvalue weighted by Crippen LogP contribution is 2.27. The Balaban J connectivity index is 1.79. The van der Waals surface area contributed by atoms with Crippen LogP contribution in [0, 0.1) is 20.8 Å². The SMILES string of the molecule is CCCCNC(=O)[C@@H](Cc1ccccc1)N(Cc1ccccc1)C(=O)CN(c1ccc(C)c(C)c1)S(=O)(=O)c1ccc(C)cc1. The molecule has 236 valence electrons. The van der Waals surface area contributed by atoms with Crippen molar-refractivity contribution in [2.24, 2.45) is 0 Å². The van der Waals surface area contributed by atoms with Gasteiger partial charge in [-0.15, -0.1) is 0 Å². The molecule has 0 spiro atoms. The molecule has 4 rings (SSSR count). The minimum atomic E-state index is -4.14. The number of carbonyl (C=O) groups excluding carboxylic acids is 2. The van der Waals surface area contributed by atoms with Crippen molar-refractivity contribution in [1.29, 1.82) is 0 Å². The van der Waals surface area contributed by atoms with E-state index in [-0.39, 0.29) is 23.8 Å². The van der Waals surface area contributed by atoms with Crippen molar-refractivity contribution in [3.63, 3.8) is 0 Å². The van der Waals surface area contributed by atoms with E-state index in [1.807, 2.05) is 87.5 Å². The number of hydrogen-bond donors (Lipinski definition) is 1. The highest BCUT2D eigenvalue weighted by atomic mass is 32.2. The molecule has 1 N–H and O–H groups in total. The van der Waals surface area contributed by atoms with E-state index in [0.717, 1.165) is 40.7 Å². The van der Waals surface area contributed by atoms with Crippen molar-refractivity contribution in [1.82, 2.24) is 10.2 Å². The van der Waals surface area contributed by atoms with Gasteiger partial charge in [-0.05, 0) is 73.7 Å². The third-order valence-corrected chi connectivity index (χ3v) is 9.75.